The Labute approximate surface area is 143 Å². The van der Waals surface area contributed by atoms with Gasteiger partial charge in [0.1, 0.15) is 0 Å². The van der Waals surface area contributed by atoms with Crippen molar-refractivity contribution in [3.8, 4) is 0 Å². The SMILES string of the molecule is COC(=O)CC(NC(=O)[C@@H]1CCC[C@@H]1CN)c1ccccc1.Cl. The molecule has 0 aromatic heterocycles. The predicted molar refractivity (Wildman–Crippen MR) is 91.1 cm³/mol. The third-order valence-electron chi connectivity index (χ3n) is 4.42. The Morgan fingerprint density at radius 2 is 2.00 bits per heavy atom. The van der Waals surface area contributed by atoms with Crippen LogP contribution in [0.1, 0.15) is 37.3 Å². The van der Waals surface area contributed by atoms with Crippen LogP contribution in [0.25, 0.3) is 0 Å². The molecule has 1 aromatic rings. The van der Waals surface area contributed by atoms with Crippen molar-refractivity contribution in [1.82, 2.24) is 5.32 Å². The molecule has 5 nitrogen and oxygen atoms in total. The van der Waals surface area contributed by atoms with E-state index in [1.54, 1.807) is 0 Å². The first-order valence-electron chi connectivity index (χ1n) is 7.78. The molecule has 6 heteroatoms. The summed E-state index contributed by atoms with van der Waals surface area (Å²) in [5.74, 6) is -0.148. The second-order valence-corrected chi connectivity index (χ2v) is 5.79. The molecule has 0 heterocycles. The molecule has 1 saturated carbocycles. The van der Waals surface area contributed by atoms with Gasteiger partial charge in [0.15, 0.2) is 0 Å². The average Bonchev–Trinajstić information content (AvgIpc) is 3.03. The lowest BCUT2D eigenvalue weighted by atomic mass is 9.94. The van der Waals surface area contributed by atoms with E-state index in [9.17, 15) is 9.59 Å². The normalized spacial score (nSPS) is 21.1. The lowest BCUT2D eigenvalue weighted by Crippen LogP contribution is -2.38. The molecule has 1 aliphatic carbocycles. The highest BCUT2D eigenvalue weighted by Gasteiger charge is 2.33. The third kappa shape index (κ3) is 5.22. The van der Waals surface area contributed by atoms with Crippen LogP contribution < -0.4 is 11.1 Å². The quantitative estimate of drug-likeness (QED) is 0.778. The number of methoxy groups -OCH3 is 1. The number of ether oxygens (including phenoxy) is 1. The van der Waals surface area contributed by atoms with E-state index in [2.05, 4.69) is 5.32 Å². The number of rotatable bonds is 6. The van der Waals surface area contributed by atoms with Crippen molar-refractivity contribution in [3.05, 3.63) is 35.9 Å². The second-order valence-electron chi connectivity index (χ2n) is 5.79. The van der Waals surface area contributed by atoms with Crippen molar-refractivity contribution >= 4 is 24.3 Å². The lowest BCUT2D eigenvalue weighted by molar-refractivity contribution is -0.141. The minimum atomic E-state index is -0.361. The number of hydrogen-bond acceptors (Lipinski definition) is 4. The van der Waals surface area contributed by atoms with Gasteiger partial charge in [0.05, 0.1) is 19.6 Å². The van der Waals surface area contributed by atoms with Crippen LogP contribution >= 0.6 is 12.4 Å². The molecular formula is C17H25ClN2O3. The molecular weight excluding hydrogens is 316 g/mol. The monoisotopic (exact) mass is 340 g/mol. The highest BCUT2D eigenvalue weighted by Crippen LogP contribution is 2.32. The smallest absolute Gasteiger partial charge is 0.307 e. The van der Waals surface area contributed by atoms with E-state index < -0.39 is 0 Å². The van der Waals surface area contributed by atoms with Crippen molar-refractivity contribution < 1.29 is 14.3 Å². The Morgan fingerprint density at radius 3 is 2.61 bits per heavy atom. The number of benzene rings is 1. The van der Waals surface area contributed by atoms with Crippen molar-refractivity contribution in [2.45, 2.75) is 31.7 Å². The third-order valence-corrected chi connectivity index (χ3v) is 4.42. The van der Waals surface area contributed by atoms with E-state index in [0.29, 0.717) is 6.54 Å². The Bertz CT molecular complexity index is 510. The number of carbonyl (C=O) groups excluding carboxylic acids is 2. The van der Waals surface area contributed by atoms with Crippen molar-refractivity contribution in [2.75, 3.05) is 13.7 Å². The fourth-order valence-electron chi connectivity index (χ4n) is 3.13. The Balaban J connectivity index is 0.00000264. The summed E-state index contributed by atoms with van der Waals surface area (Å²) < 4.78 is 4.74. The molecule has 0 aliphatic heterocycles. The van der Waals surface area contributed by atoms with Gasteiger partial charge in [-0.15, -0.1) is 12.4 Å². The fourth-order valence-corrected chi connectivity index (χ4v) is 3.13. The summed E-state index contributed by atoms with van der Waals surface area (Å²) in [6.07, 6.45) is 3.04. The molecule has 1 unspecified atom stereocenters. The maximum absolute atomic E-state index is 12.5. The van der Waals surface area contributed by atoms with Crippen LogP contribution in [0.2, 0.25) is 0 Å². The summed E-state index contributed by atoms with van der Waals surface area (Å²) in [6.45, 7) is 0.533. The van der Waals surface area contributed by atoms with Crippen LogP contribution in [0, 0.1) is 11.8 Å². The lowest BCUT2D eigenvalue weighted by Gasteiger charge is -2.23. The van der Waals surface area contributed by atoms with E-state index in [1.807, 2.05) is 30.3 Å². The summed E-state index contributed by atoms with van der Waals surface area (Å²) in [5.41, 5.74) is 6.66. The summed E-state index contributed by atoms with van der Waals surface area (Å²) >= 11 is 0. The van der Waals surface area contributed by atoms with Crippen molar-refractivity contribution in [3.63, 3.8) is 0 Å². The Kier molecular flexibility index (Phi) is 8.06. The second kappa shape index (κ2) is 9.53. The van der Waals surface area contributed by atoms with Crippen LogP contribution in [0.4, 0.5) is 0 Å². The summed E-state index contributed by atoms with van der Waals surface area (Å²) in [7, 11) is 1.35. The van der Waals surface area contributed by atoms with E-state index in [0.717, 1.165) is 24.8 Å². The molecule has 0 radical (unpaired) electrons. The first-order valence-corrected chi connectivity index (χ1v) is 7.78. The zero-order chi connectivity index (χ0) is 15.9. The predicted octanol–water partition coefficient (Wildman–Crippen LogP) is 2.20. The zero-order valence-electron chi connectivity index (χ0n) is 13.4. The van der Waals surface area contributed by atoms with E-state index in [4.69, 9.17) is 10.5 Å². The summed E-state index contributed by atoms with van der Waals surface area (Å²) in [6, 6.07) is 9.14. The van der Waals surface area contributed by atoms with Crippen LogP contribution in [0.3, 0.4) is 0 Å². The summed E-state index contributed by atoms with van der Waals surface area (Å²) in [5, 5.41) is 3.01. The molecule has 1 aromatic carbocycles. The van der Waals surface area contributed by atoms with Gasteiger partial charge in [0, 0.05) is 5.92 Å². The maximum Gasteiger partial charge on any atom is 0.307 e. The number of nitrogens with one attached hydrogen (secondary N) is 1. The standard InChI is InChI=1S/C17H24N2O3.ClH/c1-22-16(20)10-15(12-6-3-2-4-7-12)19-17(21)14-9-5-8-13(14)11-18;/h2-4,6-7,13-15H,5,8-11,18H2,1H3,(H,19,21);1H/t13-,14-,15?;/m1./s1. The molecule has 0 saturated heterocycles. The number of carbonyl (C=O) groups is 2. The highest BCUT2D eigenvalue weighted by molar-refractivity contribution is 5.85. The first-order chi connectivity index (χ1) is 10.7. The number of hydrogen-bond donors (Lipinski definition) is 2. The molecule has 128 valence electrons. The van der Waals surface area contributed by atoms with E-state index in [1.165, 1.54) is 7.11 Å². The van der Waals surface area contributed by atoms with Crippen LogP contribution in [0.5, 0.6) is 0 Å². The largest absolute Gasteiger partial charge is 0.469 e. The molecule has 1 aliphatic rings. The molecule has 23 heavy (non-hydrogen) atoms. The number of nitrogens with two attached hydrogens (primary N) is 1. The van der Waals surface area contributed by atoms with Gasteiger partial charge in [-0.2, -0.15) is 0 Å². The van der Waals surface area contributed by atoms with Crippen LogP contribution in [-0.2, 0) is 14.3 Å². The number of amides is 1. The van der Waals surface area contributed by atoms with Gasteiger partial charge in [-0.1, -0.05) is 36.8 Å². The molecule has 0 spiro atoms. The zero-order valence-corrected chi connectivity index (χ0v) is 14.2. The fraction of sp³-hybridized carbons (Fsp3) is 0.529. The Hall–Kier alpha value is -1.59. The maximum atomic E-state index is 12.5. The van der Waals surface area contributed by atoms with Gasteiger partial charge >= 0.3 is 5.97 Å². The van der Waals surface area contributed by atoms with Crippen LogP contribution in [0.15, 0.2) is 30.3 Å². The van der Waals surface area contributed by atoms with Gasteiger partial charge in [-0.25, -0.2) is 0 Å². The van der Waals surface area contributed by atoms with Gasteiger partial charge in [-0.05, 0) is 30.9 Å². The van der Waals surface area contributed by atoms with Crippen LogP contribution in [-0.4, -0.2) is 25.5 Å². The minimum Gasteiger partial charge on any atom is -0.469 e. The summed E-state index contributed by atoms with van der Waals surface area (Å²) in [4.78, 5) is 24.2. The molecule has 3 atom stereocenters. The molecule has 1 amide bonds. The highest BCUT2D eigenvalue weighted by atomic mass is 35.5. The topological polar surface area (TPSA) is 81.4 Å². The number of esters is 1. The van der Waals surface area contributed by atoms with Gasteiger partial charge in [0.2, 0.25) is 5.91 Å². The number of halogens is 1. The van der Waals surface area contributed by atoms with Gasteiger partial charge in [0.25, 0.3) is 0 Å². The Morgan fingerprint density at radius 1 is 1.30 bits per heavy atom. The average molecular weight is 341 g/mol. The molecule has 0 bridgehead atoms. The van der Waals surface area contributed by atoms with Crippen molar-refractivity contribution in [2.24, 2.45) is 17.6 Å². The van der Waals surface area contributed by atoms with Crippen molar-refractivity contribution in [1.29, 1.82) is 0 Å². The van der Waals surface area contributed by atoms with E-state index in [-0.39, 0.29) is 48.6 Å². The molecule has 2 rings (SSSR count). The van der Waals surface area contributed by atoms with Gasteiger partial charge < -0.3 is 15.8 Å². The molecule has 3 N–H and O–H groups in total. The minimum absolute atomic E-state index is 0. The first kappa shape index (κ1) is 19.5. The van der Waals surface area contributed by atoms with E-state index >= 15 is 0 Å². The molecule has 1 fully saturated rings. The van der Waals surface area contributed by atoms with Gasteiger partial charge in [-0.3, -0.25) is 9.59 Å².